The van der Waals surface area contributed by atoms with Crippen LogP contribution in [0, 0.1) is 5.41 Å². The highest BCUT2D eigenvalue weighted by atomic mass is 16.7. The van der Waals surface area contributed by atoms with Gasteiger partial charge in [-0.15, -0.1) is 5.10 Å². The monoisotopic (exact) mass is 573 g/mol. The fraction of sp³-hybridized carbons (Fsp3) is 0.179. The number of aromatic nitrogens is 3. The number of nitrogen functional groups attached to an aromatic ring is 1. The van der Waals surface area contributed by atoms with Crippen LogP contribution in [0.2, 0.25) is 0 Å². The predicted octanol–water partition coefficient (Wildman–Crippen LogP) is 2.13. The van der Waals surface area contributed by atoms with E-state index in [0.717, 1.165) is 17.2 Å². The molecule has 3 aromatic carbocycles. The van der Waals surface area contributed by atoms with Crippen LogP contribution in [0.1, 0.15) is 45.8 Å². The van der Waals surface area contributed by atoms with Crippen LogP contribution in [0.5, 0.6) is 11.5 Å². The van der Waals surface area contributed by atoms with Crippen molar-refractivity contribution in [3.05, 3.63) is 99.2 Å². The van der Waals surface area contributed by atoms with Crippen molar-refractivity contribution in [3.63, 3.8) is 0 Å². The maximum absolute atomic E-state index is 13.2. The Morgan fingerprint density at radius 3 is 2.64 bits per heavy atom. The number of rotatable bonds is 8. The summed E-state index contributed by atoms with van der Waals surface area (Å²) in [4.78, 5) is 44.6. The number of amides is 1. The fourth-order valence-electron chi connectivity index (χ4n) is 4.40. The molecule has 1 aliphatic heterocycles. The summed E-state index contributed by atoms with van der Waals surface area (Å²) in [6.45, 7) is 1.52. The Hall–Kier alpha value is -5.63. The number of carbonyl (C=O) groups is 2. The molecule has 42 heavy (non-hydrogen) atoms. The minimum Gasteiger partial charge on any atom is -0.493 e. The number of fused-ring (bicyclic) bond motifs is 1. The lowest BCUT2D eigenvalue weighted by atomic mass is 10.0. The highest BCUT2D eigenvalue weighted by molar-refractivity contribution is 5.97. The van der Waals surface area contributed by atoms with Crippen LogP contribution in [-0.2, 0) is 21.0 Å². The van der Waals surface area contributed by atoms with Gasteiger partial charge in [-0.3, -0.25) is 20.0 Å². The summed E-state index contributed by atoms with van der Waals surface area (Å²) in [5, 5.41) is 15.6. The van der Waals surface area contributed by atoms with Gasteiger partial charge in [0, 0.05) is 23.7 Å². The van der Waals surface area contributed by atoms with Crippen LogP contribution >= 0.6 is 0 Å². The number of nitrogens with zero attached hydrogens (tertiary/aromatic N) is 2. The average molecular weight is 574 g/mol. The van der Waals surface area contributed by atoms with E-state index in [1.807, 2.05) is 6.07 Å². The number of nitrogens with two attached hydrogens (primary N) is 1. The summed E-state index contributed by atoms with van der Waals surface area (Å²) < 4.78 is 17.7. The van der Waals surface area contributed by atoms with Crippen LogP contribution in [0.3, 0.4) is 0 Å². The molecule has 0 saturated carbocycles. The molecule has 6 N–H and O–H groups in total. The summed E-state index contributed by atoms with van der Waals surface area (Å²) in [7, 11) is 1.52. The number of hydroxylamine groups is 1. The van der Waals surface area contributed by atoms with Gasteiger partial charge in [0.25, 0.3) is 5.91 Å². The minimum absolute atomic E-state index is 0.0491. The SMILES string of the molecule is COc1cc([C@H](Nc2ccc(C(=N)N)cc2)c2nn(-c3ccccc3C(=O)NOC(C)=O)c(=O)[nH]2)cc2c1OCOC2. The molecule has 0 unspecified atom stereocenters. The third-order valence-corrected chi connectivity index (χ3v) is 6.33. The molecule has 1 aliphatic rings. The molecular formula is C28H27N7O7. The lowest BCUT2D eigenvalue weighted by Crippen LogP contribution is -2.28. The number of hydrogen-bond acceptors (Lipinski definition) is 10. The van der Waals surface area contributed by atoms with Crippen molar-refractivity contribution >= 4 is 23.4 Å². The molecule has 0 radical (unpaired) electrons. The summed E-state index contributed by atoms with van der Waals surface area (Å²) >= 11 is 0. The first-order chi connectivity index (χ1) is 20.2. The second-order valence-corrected chi connectivity index (χ2v) is 9.16. The zero-order valence-electron chi connectivity index (χ0n) is 22.6. The van der Waals surface area contributed by atoms with Crippen molar-refractivity contribution < 1.29 is 28.6 Å². The fourth-order valence-corrected chi connectivity index (χ4v) is 4.40. The van der Waals surface area contributed by atoms with E-state index in [1.165, 1.54) is 19.2 Å². The first-order valence-electron chi connectivity index (χ1n) is 12.6. The Balaban J connectivity index is 1.59. The minimum atomic E-state index is -0.739. The summed E-state index contributed by atoms with van der Waals surface area (Å²) in [5.41, 5.74) is 9.84. The smallest absolute Gasteiger partial charge is 0.348 e. The van der Waals surface area contributed by atoms with Gasteiger partial charge < -0.3 is 30.1 Å². The van der Waals surface area contributed by atoms with E-state index in [-0.39, 0.29) is 36.3 Å². The third-order valence-electron chi connectivity index (χ3n) is 6.33. The van der Waals surface area contributed by atoms with Gasteiger partial charge in [-0.2, -0.15) is 10.2 Å². The summed E-state index contributed by atoms with van der Waals surface area (Å²) in [6, 6.07) is 16.0. The van der Waals surface area contributed by atoms with E-state index in [9.17, 15) is 14.4 Å². The summed E-state index contributed by atoms with van der Waals surface area (Å²) in [6.07, 6.45) is 0. The molecule has 0 bridgehead atoms. The molecule has 4 aromatic rings. The molecular weight excluding hydrogens is 546 g/mol. The molecule has 0 fully saturated rings. The Labute approximate surface area is 238 Å². The molecule has 1 aromatic heterocycles. The molecule has 2 heterocycles. The number of anilines is 1. The number of para-hydroxylation sites is 1. The van der Waals surface area contributed by atoms with Gasteiger partial charge >= 0.3 is 11.7 Å². The lowest BCUT2D eigenvalue weighted by molar-refractivity contribution is -0.146. The third kappa shape index (κ3) is 5.78. The predicted molar refractivity (Wildman–Crippen MR) is 150 cm³/mol. The first-order valence-corrected chi connectivity index (χ1v) is 12.6. The number of H-pyrrole nitrogens is 1. The van der Waals surface area contributed by atoms with E-state index in [2.05, 4.69) is 25.7 Å². The van der Waals surface area contributed by atoms with Crippen molar-refractivity contribution in [2.45, 2.75) is 19.6 Å². The number of carbonyl (C=O) groups excluding carboxylic acids is 2. The molecule has 1 atom stereocenters. The van der Waals surface area contributed by atoms with Crippen LogP contribution in [0.25, 0.3) is 5.69 Å². The topological polar surface area (TPSA) is 196 Å². The van der Waals surface area contributed by atoms with Crippen molar-refractivity contribution in [1.29, 1.82) is 5.41 Å². The van der Waals surface area contributed by atoms with Crippen LogP contribution in [0.4, 0.5) is 5.69 Å². The van der Waals surface area contributed by atoms with E-state index < -0.39 is 23.6 Å². The van der Waals surface area contributed by atoms with Crippen molar-refractivity contribution in [3.8, 4) is 17.2 Å². The maximum atomic E-state index is 13.2. The second-order valence-electron chi connectivity index (χ2n) is 9.16. The average Bonchev–Trinajstić information content (AvgIpc) is 3.39. The molecule has 0 spiro atoms. The number of nitrogens with one attached hydrogen (secondary N) is 4. The quantitative estimate of drug-likeness (QED) is 0.118. The zero-order chi connectivity index (χ0) is 29.8. The number of hydrogen-bond donors (Lipinski definition) is 5. The molecule has 0 aliphatic carbocycles. The maximum Gasteiger partial charge on any atom is 0.348 e. The van der Waals surface area contributed by atoms with E-state index in [4.69, 9.17) is 25.4 Å². The van der Waals surface area contributed by atoms with Crippen LogP contribution in [0.15, 0.2) is 65.5 Å². The molecule has 1 amide bonds. The Bertz CT molecular complexity index is 1700. The molecule has 216 valence electrons. The number of ether oxygens (including phenoxy) is 3. The van der Waals surface area contributed by atoms with Gasteiger partial charge in [0.05, 0.1) is 25.0 Å². The van der Waals surface area contributed by atoms with Crippen molar-refractivity contribution in [2.24, 2.45) is 5.73 Å². The van der Waals surface area contributed by atoms with Crippen LogP contribution in [-0.4, -0.2) is 46.4 Å². The standard InChI is InChI=1S/C28H27N7O7/c1-15(36)42-34-27(37)20-5-3-4-6-21(20)35-28(38)32-26(33-35)23(31-19-9-7-16(8-10-19)25(29)30)17-11-18-13-40-14-41-24(18)22(12-17)39-2/h3-12,23,31H,13-14H2,1-2H3,(H3,29,30)(H,34,37)(H,32,33,38)/t23-/m0/s1. The number of methoxy groups -OCH3 is 1. The molecule has 5 rings (SSSR count). The van der Waals surface area contributed by atoms with Gasteiger partial charge in [0.2, 0.25) is 0 Å². The van der Waals surface area contributed by atoms with Gasteiger partial charge in [-0.1, -0.05) is 12.1 Å². The highest BCUT2D eigenvalue weighted by Crippen LogP contribution is 2.38. The Morgan fingerprint density at radius 2 is 1.93 bits per heavy atom. The van der Waals surface area contributed by atoms with Crippen molar-refractivity contribution in [2.75, 3.05) is 19.2 Å². The van der Waals surface area contributed by atoms with Crippen molar-refractivity contribution in [1.82, 2.24) is 20.2 Å². The van der Waals surface area contributed by atoms with Gasteiger partial charge in [0.1, 0.15) is 11.9 Å². The lowest BCUT2D eigenvalue weighted by Gasteiger charge is -2.24. The molecule has 14 nitrogen and oxygen atoms in total. The first kappa shape index (κ1) is 27.9. The number of amidine groups is 1. The van der Waals surface area contributed by atoms with E-state index in [0.29, 0.717) is 28.3 Å². The normalized spacial score (nSPS) is 12.8. The zero-order valence-corrected chi connectivity index (χ0v) is 22.6. The van der Waals surface area contributed by atoms with E-state index in [1.54, 1.807) is 42.5 Å². The van der Waals surface area contributed by atoms with E-state index >= 15 is 0 Å². The second kappa shape index (κ2) is 11.9. The summed E-state index contributed by atoms with van der Waals surface area (Å²) in [5.74, 6) is -0.274. The molecule has 14 heteroatoms. The molecule has 0 saturated heterocycles. The Kier molecular flexibility index (Phi) is 7.88. The van der Waals surface area contributed by atoms with Gasteiger partial charge in [-0.05, 0) is 54.1 Å². The number of benzene rings is 3. The Morgan fingerprint density at radius 1 is 1.17 bits per heavy atom. The van der Waals surface area contributed by atoms with Gasteiger partial charge in [0.15, 0.2) is 24.1 Å². The number of aromatic amines is 1. The highest BCUT2D eigenvalue weighted by Gasteiger charge is 2.26. The van der Waals surface area contributed by atoms with Crippen LogP contribution < -0.4 is 31.7 Å². The van der Waals surface area contributed by atoms with Gasteiger partial charge in [-0.25, -0.2) is 4.79 Å². The largest absolute Gasteiger partial charge is 0.493 e.